The number of hydrogen-bond donors (Lipinski definition) is 1. The molecule has 0 spiro atoms. The predicted octanol–water partition coefficient (Wildman–Crippen LogP) is 2.51. The van der Waals surface area contributed by atoms with E-state index in [1.54, 1.807) is 18.5 Å². The molecule has 1 aromatic carbocycles. The molecule has 4 rings (SSSR count). The number of ether oxygens (including phenoxy) is 1. The summed E-state index contributed by atoms with van der Waals surface area (Å²) in [7, 11) is 0. The van der Waals surface area contributed by atoms with E-state index in [9.17, 15) is 13.6 Å². The van der Waals surface area contributed by atoms with Crippen molar-refractivity contribution in [3.05, 3.63) is 49.1 Å². The molecule has 3 aromatic rings. The molecule has 0 saturated carbocycles. The number of benzene rings is 1. The lowest BCUT2D eigenvalue weighted by Crippen LogP contribution is -2.38. The normalized spacial score (nSPS) is 14.7. The number of anilines is 2. The Kier molecular flexibility index (Phi) is 5.77. The first-order valence-electron chi connectivity index (χ1n) is 9.38. The fourth-order valence-corrected chi connectivity index (χ4v) is 3.30. The number of carbonyl (C=O) groups excluding carboxylic acids is 1. The van der Waals surface area contributed by atoms with Crippen LogP contribution in [0.4, 0.5) is 20.3 Å². The highest BCUT2D eigenvalue weighted by atomic mass is 19.3. The Hall–Kier alpha value is -3.63. The minimum atomic E-state index is -2.91. The highest BCUT2D eigenvalue weighted by Crippen LogP contribution is 2.24. The van der Waals surface area contributed by atoms with Crippen LogP contribution >= 0.6 is 0 Å². The van der Waals surface area contributed by atoms with Crippen LogP contribution in [-0.2, 0) is 4.79 Å². The molecule has 0 atom stereocenters. The zero-order chi connectivity index (χ0) is 20.9. The number of rotatable bonds is 6. The van der Waals surface area contributed by atoms with E-state index in [4.69, 9.17) is 0 Å². The van der Waals surface area contributed by atoms with Crippen molar-refractivity contribution in [3.63, 3.8) is 0 Å². The fourth-order valence-electron chi connectivity index (χ4n) is 3.30. The molecular formula is C19H19F2N7O2. The van der Waals surface area contributed by atoms with Gasteiger partial charge in [-0.25, -0.2) is 9.67 Å². The van der Waals surface area contributed by atoms with E-state index < -0.39 is 6.61 Å². The average molecular weight is 415 g/mol. The predicted molar refractivity (Wildman–Crippen MR) is 104 cm³/mol. The second-order valence-corrected chi connectivity index (χ2v) is 6.75. The minimum Gasteiger partial charge on any atom is -0.435 e. The monoisotopic (exact) mass is 415 g/mol. The standard InChI is InChI=1S/C19H19F2N7O2/c20-19(21)30-15-3-1-2-14(10-15)24-18(29)13-6-8-27(9-7-13)16-4-5-17(26-25-16)28-12-22-11-23-28/h1-5,10-13,19H,6-9H2,(H,24,29). The molecule has 30 heavy (non-hydrogen) atoms. The lowest BCUT2D eigenvalue weighted by molar-refractivity contribution is -0.120. The van der Waals surface area contributed by atoms with Gasteiger partial charge in [0.1, 0.15) is 18.4 Å². The molecule has 0 bridgehead atoms. The van der Waals surface area contributed by atoms with Crippen molar-refractivity contribution < 1.29 is 18.3 Å². The van der Waals surface area contributed by atoms with Crippen molar-refractivity contribution in [2.24, 2.45) is 5.92 Å². The lowest BCUT2D eigenvalue weighted by Gasteiger charge is -2.31. The van der Waals surface area contributed by atoms with Gasteiger partial charge in [-0.2, -0.15) is 13.9 Å². The van der Waals surface area contributed by atoms with E-state index in [-0.39, 0.29) is 17.6 Å². The van der Waals surface area contributed by atoms with Crippen LogP contribution in [0.3, 0.4) is 0 Å². The summed E-state index contributed by atoms with van der Waals surface area (Å²) in [6, 6.07) is 9.65. The first-order chi connectivity index (χ1) is 14.6. The van der Waals surface area contributed by atoms with E-state index >= 15 is 0 Å². The first-order valence-corrected chi connectivity index (χ1v) is 9.38. The maximum Gasteiger partial charge on any atom is 0.387 e. The second-order valence-electron chi connectivity index (χ2n) is 6.75. The van der Waals surface area contributed by atoms with Crippen LogP contribution in [0, 0.1) is 5.92 Å². The number of amides is 1. The smallest absolute Gasteiger partial charge is 0.387 e. The van der Waals surface area contributed by atoms with Gasteiger partial charge in [0.25, 0.3) is 0 Å². The topological polar surface area (TPSA) is 98.1 Å². The molecule has 1 aliphatic rings. The van der Waals surface area contributed by atoms with Crippen LogP contribution in [0.5, 0.6) is 5.75 Å². The number of nitrogens with one attached hydrogen (secondary N) is 1. The van der Waals surface area contributed by atoms with E-state index in [0.717, 1.165) is 5.82 Å². The molecule has 9 nitrogen and oxygen atoms in total. The molecule has 1 N–H and O–H groups in total. The quantitative estimate of drug-likeness (QED) is 0.661. The highest BCUT2D eigenvalue weighted by Gasteiger charge is 2.26. The zero-order valence-corrected chi connectivity index (χ0v) is 15.9. The maximum atomic E-state index is 12.6. The van der Waals surface area contributed by atoms with Crippen LogP contribution < -0.4 is 15.0 Å². The summed E-state index contributed by atoms with van der Waals surface area (Å²) >= 11 is 0. The van der Waals surface area contributed by atoms with E-state index in [1.165, 1.54) is 23.1 Å². The summed E-state index contributed by atoms with van der Waals surface area (Å²) < 4.78 is 30.6. The number of aromatic nitrogens is 5. The summed E-state index contributed by atoms with van der Waals surface area (Å²) in [5, 5.41) is 15.2. The summed E-state index contributed by atoms with van der Waals surface area (Å²) in [4.78, 5) is 18.5. The van der Waals surface area contributed by atoms with Crippen LogP contribution in [0.15, 0.2) is 49.1 Å². The molecule has 1 amide bonds. The molecule has 156 valence electrons. The number of halogens is 2. The molecule has 1 aliphatic heterocycles. The molecule has 1 fully saturated rings. The van der Waals surface area contributed by atoms with E-state index in [1.807, 2.05) is 12.1 Å². The number of carbonyl (C=O) groups is 1. The van der Waals surface area contributed by atoms with Gasteiger partial charge in [-0.1, -0.05) is 6.07 Å². The third kappa shape index (κ3) is 4.67. The van der Waals surface area contributed by atoms with Gasteiger partial charge in [0.2, 0.25) is 5.91 Å². The van der Waals surface area contributed by atoms with Crippen molar-refractivity contribution in [2.45, 2.75) is 19.5 Å². The molecular weight excluding hydrogens is 396 g/mol. The van der Waals surface area contributed by atoms with Gasteiger partial charge in [0, 0.05) is 30.8 Å². The van der Waals surface area contributed by atoms with Gasteiger partial charge in [0.15, 0.2) is 11.6 Å². The van der Waals surface area contributed by atoms with Crippen LogP contribution in [0.25, 0.3) is 5.82 Å². The molecule has 3 heterocycles. The first kappa shape index (κ1) is 19.7. The van der Waals surface area contributed by atoms with Gasteiger partial charge in [-0.3, -0.25) is 4.79 Å². The molecule has 0 unspecified atom stereocenters. The third-order valence-electron chi connectivity index (χ3n) is 4.81. The third-order valence-corrected chi connectivity index (χ3v) is 4.81. The SMILES string of the molecule is O=C(Nc1cccc(OC(F)F)c1)C1CCN(c2ccc(-n3cncn3)nn2)CC1. The van der Waals surface area contributed by atoms with Gasteiger partial charge >= 0.3 is 6.61 Å². The van der Waals surface area contributed by atoms with Crippen molar-refractivity contribution >= 4 is 17.4 Å². The van der Waals surface area contributed by atoms with Crippen LogP contribution in [0.2, 0.25) is 0 Å². The van der Waals surface area contributed by atoms with Crippen molar-refractivity contribution in [3.8, 4) is 11.6 Å². The molecule has 11 heteroatoms. The van der Waals surface area contributed by atoms with E-state index in [2.05, 4.69) is 35.2 Å². The molecule has 0 aliphatic carbocycles. The Morgan fingerprint density at radius 2 is 1.90 bits per heavy atom. The number of alkyl halides is 2. The fraction of sp³-hybridized carbons (Fsp3) is 0.316. The van der Waals surface area contributed by atoms with Gasteiger partial charge < -0.3 is 15.0 Å². The Balaban J connectivity index is 1.31. The number of piperidine rings is 1. The number of hydrogen-bond acceptors (Lipinski definition) is 7. The van der Waals surface area contributed by atoms with Crippen LogP contribution in [0.1, 0.15) is 12.8 Å². The van der Waals surface area contributed by atoms with E-state index in [0.29, 0.717) is 37.4 Å². The Bertz CT molecular complexity index is 975. The zero-order valence-electron chi connectivity index (χ0n) is 15.9. The van der Waals surface area contributed by atoms with Crippen LogP contribution in [-0.4, -0.2) is 50.6 Å². The van der Waals surface area contributed by atoms with Crippen molar-refractivity contribution in [2.75, 3.05) is 23.3 Å². The summed E-state index contributed by atoms with van der Waals surface area (Å²) in [6.45, 7) is -1.60. The molecule has 0 radical (unpaired) electrons. The summed E-state index contributed by atoms with van der Waals surface area (Å²) in [5.74, 6) is 0.989. The van der Waals surface area contributed by atoms with Gasteiger partial charge in [-0.15, -0.1) is 10.2 Å². The molecule has 2 aromatic heterocycles. The lowest BCUT2D eigenvalue weighted by atomic mass is 9.96. The van der Waals surface area contributed by atoms with Gasteiger partial charge in [0.05, 0.1) is 0 Å². The second kappa shape index (κ2) is 8.80. The summed E-state index contributed by atoms with van der Waals surface area (Å²) in [6.07, 6.45) is 4.26. The Morgan fingerprint density at radius 1 is 1.13 bits per heavy atom. The number of nitrogens with zero attached hydrogens (tertiary/aromatic N) is 6. The van der Waals surface area contributed by atoms with Gasteiger partial charge in [-0.05, 0) is 37.1 Å². The largest absolute Gasteiger partial charge is 0.435 e. The average Bonchev–Trinajstić information content (AvgIpc) is 3.29. The molecule has 1 saturated heterocycles. The minimum absolute atomic E-state index is 0.00512. The summed E-state index contributed by atoms with van der Waals surface area (Å²) in [5.41, 5.74) is 0.426. The maximum absolute atomic E-state index is 12.6. The highest BCUT2D eigenvalue weighted by molar-refractivity contribution is 5.92. The van der Waals surface area contributed by atoms with Crippen molar-refractivity contribution in [1.29, 1.82) is 0 Å². The Labute approximate surface area is 170 Å². The van der Waals surface area contributed by atoms with Crippen molar-refractivity contribution in [1.82, 2.24) is 25.0 Å². The Morgan fingerprint density at radius 3 is 2.57 bits per heavy atom.